The van der Waals surface area contributed by atoms with Crippen molar-refractivity contribution in [2.24, 2.45) is 0 Å². The van der Waals surface area contributed by atoms with Gasteiger partial charge in [0, 0.05) is 25.0 Å². The molecule has 14 heteroatoms. The lowest BCUT2D eigenvalue weighted by Crippen LogP contribution is -2.31. The smallest absolute Gasteiger partial charge is 0.361 e. The molecule has 0 radical (unpaired) electrons. The van der Waals surface area contributed by atoms with Gasteiger partial charge in [0.05, 0.1) is 31.5 Å². The van der Waals surface area contributed by atoms with E-state index in [-0.39, 0.29) is 17.4 Å². The third-order valence-electron chi connectivity index (χ3n) is 7.88. The summed E-state index contributed by atoms with van der Waals surface area (Å²) in [6, 6.07) is 16.8. The molecular weight excluding hydrogens is 704 g/mol. The molecule has 2 aliphatic rings. The zero-order valence-corrected chi connectivity index (χ0v) is 31.1. The monoisotopic (exact) mass is 748 g/mol. The van der Waals surface area contributed by atoms with Gasteiger partial charge in [-0.05, 0) is 76.6 Å². The largest absolute Gasteiger partial charge is 0.455 e. The minimum Gasteiger partial charge on any atom is -0.455 e. The second kappa shape index (κ2) is 15.5. The highest BCUT2D eigenvalue weighted by atomic mass is 79.9. The second-order valence-electron chi connectivity index (χ2n) is 14.5. The lowest BCUT2D eigenvalue weighted by molar-refractivity contribution is 0.00503. The fraction of sp³-hybridized carbons (Fsp3) is 0.472. The Balaban J connectivity index is 0.000000205. The molecule has 50 heavy (non-hydrogen) atoms. The Morgan fingerprint density at radius 1 is 0.740 bits per heavy atom. The summed E-state index contributed by atoms with van der Waals surface area (Å²) in [5.41, 5.74) is 3.79. The molecule has 1 atom stereocenters. The van der Waals surface area contributed by atoms with E-state index in [4.69, 9.17) is 9.47 Å². The van der Waals surface area contributed by atoms with Crippen molar-refractivity contribution in [1.29, 1.82) is 0 Å². The maximum Gasteiger partial charge on any atom is 0.361 e. The van der Waals surface area contributed by atoms with Gasteiger partial charge in [0.1, 0.15) is 11.2 Å². The average molecular weight is 750 g/mol. The maximum absolute atomic E-state index is 12.4. The van der Waals surface area contributed by atoms with Crippen LogP contribution in [0.3, 0.4) is 0 Å². The molecule has 0 spiro atoms. The summed E-state index contributed by atoms with van der Waals surface area (Å²) in [6.07, 6.45) is 5.44. The number of alkyl halides is 1. The van der Waals surface area contributed by atoms with Crippen molar-refractivity contribution in [2.45, 2.75) is 96.6 Å². The van der Waals surface area contributed by atoms with Gasteiger partial charge in [-0.15, -0.1) is 10.2 Å². The van der Waals surface area contributed by atoms with Crippen molar-refractivity contribution in [3.8, 4) is 0 Å². The number of rotatable bonds is 9. The molecule has 0 saturated carbocycles. The van der Waals surface area contributed by atoms with Gasteiger partial charge in [0.15, 0.2) is 11.4 Å². The van der Waals surface area contributed by atoms with Crippen molar-refractivity contribution in [2.75, 3.05) is 13.1 Å². The van der Waals surface area contributed by atoms with E-state index >= 15 is 0 Å². The SMILES string of the molecule is CC(C)(C)OC(=O)c1cn(Cc2ccc(CBr)cc2)nn1.CC(C)(C)OC(=O)c1cn(Cc2ccc(CN3CC4CCCN4C3=O)cc2)nn1. The average Bonchev–Trinajstić information content (AvgIpc) is 3.85. The van der Waals surface area contributed by atoms with Gasteiger partial charge in [-0.25, -0.2) is 23.7 Å². The number of amides is 2. The van der Waals surface area contributed by atoms with Crippen LogP contribution in [0, 0.1) is 0 Å². The lowest BCUT2D eigenvalue weighted by Gasteiger charge is -2.18. The fourth-order valence-electron chi connectivity index (χ4n) is 5.60. The number of carbonyl (C=O) groups excluding carboxylic acids is 3. The zero-order valence-electron chi connectivity index (χ0n) is 29.5. The molecule has 4 heterocycles. The van der Waals surface area contributed by atoms with Crippen LogP contribution in [0.15, 0.2) is 60.9 Å². The summed E-state index contributed by atoms with van der Waals surface area (Å²) < 4.78 is 13.8. The number of benzene rings is 2. The van der Waals surface area contributed by atoms with E-state index in [0.717, 1.165) is 48.0 Å². The van der Waals surface area contributed by atoms with Crippen LogP contribution in [0.5, 0.6) is 0 Å². The summed E-state index contributed by atoms with van der Waals surface area (Å²) in [6.45, 7) is 14.3. The van der Waals surface area contributed by atoms with Gasteiger partial charge in [-0.2, -0.15) is 0 Å². The van der Waals surface area contributed by atoms with Crippen LogP contribution in [-0.4, -0.2) is 88.1 Å². The van der Waals surface area contributed by atoms with Gasteiger partial charge in [-0.3, -0.25) is 0 Å². The van der Waals surface area contributed by atoms with Crippen LogP contribution < -0.4 is 0 Å². The van der Waals surface area contributed by atoms with Crippen LogP contribution in [0.4, 0.5) is 4.79 Å². The first-order valence-electron chi connectivity index (χ1n) is 16.7. The van der Waals surface area contributed by atoms with Crippen LogP contribution in [-0.2, 0) is 34.4 Å². The highest BCUT2D eigenvalue weighted by molar-refractivity contribution is 9.08. The molecule has 2 amide bonds. The lowest BCUT2D eigenvalue weighted by atomic mass is 10.1. The second-order valence-corrected chi connectivity index (χ2v) is 15.1. The van der Waals surface area contributed by atoms with E-state index in [1.54, 1.807) is 21.8 Å². The number of halogens is 1. The van der Waals surface area contributed by atoms with Gasteiger partial charge in [0.2, 0.25) is 0 Å². The van der Waals surface area contributed by atoms with E-state index in [1.165, 1.54) is 5.56 Å². The summed E-state index contributed by atoms with van der Waals surface area (Å²) in [4.78, 5) is 40.3. The van der Waals surface area contributed by atoms with Crippen LogP contribution in [0.1, 0.15) is 97.6 Å². The molecule has 4 aromatic rings. The van der Waals surface area contributed by atoms with E-state index in [2.05, 4.69) is 48.7 Å². The number of ether oxygens (including phenoxy) is 2. The minimum absolute atomic E-state index is 0.161. The molecule has 6 rings (SSSR count). The molecule has 1 unspecified atom stereocenters. The molecule has 2 aromatic carbocycles. The quantitative estimate of drug-likeness (QED) is 0.152. The van der Waals surface area contributed by atoms with E-state index in [0.29, 0.717) is 25.7 Å². The molecule has 2 aromatic heterocycles. The molecule has 13 nitrogen and oxygen atoms in total. The standard InChI is InChI=1S/C21H27N5O3.C15H18BrN3O2/c1-21(2,3)29-19(27)18-14-25(23-22-18)12-16-8-6-15(7-9-16)11-24-13-17-5-4-10-26(17)20(24)28;1-15(2,3)21-14(20)13-10-19(18-17-13)9-12-6-4-11(8-16)5-7-12/h6-9,14,17H,4-5,10-13H2,1-3H3;4-7,10H,8-9H2,1-3H3. The van der Waals surface area contributed by atoms with Crippen molar-refractivity contribution in [3.05, 3.63) is 94.6 Å². The van der Waals surface area contributed by atoms with Crippen molar-refractivity contribution in [1.82, 2.24) is 39.8 Å². The van der Waals surface area contributed by atoms with Gasteiger partial charge >= 0.3 is 18.0 Å². The summed E-state index contributed by atoms with van der Waals surface area (Å²) in [5, 5.41) is 16.6. The Labute approximate surface area is 301 Å². The van der Waals surface area contributed by atoms with E-state index in [9.17, 15) is 14.4 Å². The summed E-state index contributed by atoms with van der Waals surface area (Å²) in [5.74, 6) is -0.932. The van der Waals surface area contributed by atoms with Crippen LogP contribution in [0.2, 0.25) is 0 Å². The fourth-order valence-corrected chi connectivity index (χ4v) is 5.98. The molecular formula is C36H45BrN8O5. The highest BCUT2D eigenvalue weighted by Crippen LogP contribution is 2.27. The third-order valence-corrected chi connectivity index (χ3v) is 8.53. The first-order chi connectivity index (χ1) is 23.7. The molecule has 0 aliphatic carbocycles. The number of carbonyl (C=O) groups is 3. The van der Waals surface area contributed by atoms with E-state index < -0.39 is 23.1 Å². The number of esters is 2. The number of hydrogen-bond acceptors (Lipinski definition) is 9. The molecule has 2 saturated heterocycles. The van der Waals surface area contributed by atoms with E-state index in [1.807, 2.05) is 87.7 Å². The van der Waals surface area contributed by atoms with Crippen LogP contribution in [0.25, 0.3) is 0 Å². The van der Waals surface area contributed by atoms with Gasteiger partial charge in [-0.1, -0.05) is 74.9 Å². The number of nitrogens with zero attached hydrogens (tertiary/aromatic N) is 8. The maximum atomic E-state index is 12.4. The Kier molecular flexibility index (Phi) is 11.4. The Morgan fingerprint density at radius 2 is 1.18 bits per heavy atom. The topological polar surface area (TPSA) is 138 Å². The van der Waals surface area contributed by atoms with Crippen LogP contribution >= 0.6 is 15.9 Å². The first kappa shape index (κ1) is 36.7. The van der Waals surface area contributed by atoms with Crippen molar-refractivity contribution in [3.63, 3.8) is 0 Å². The Bertz CT molecular complexity index is 1770. The van der Waals surface area contributed by atoms with Gasteiger partial charge < -0.3 is 19.3 Å². The number of aromatic nitrogens is 6. The van der Waals surface area contributed by atoms with Gasteiger partial charge in [0.25, 0.3) is 0 Å². The van der Waals surface area contributed by atoms with Crippen molar-refractivity contribution < 1.29 is 23.9 Å². The molecule has 0 N–H and O–H groups in total. The Hall–Kier alpha value is -4.59. The third kappa shape index (κ3) is 10.2. The summed E-state index contributed by atoms with van der Waals surface area (Å²) >= 11 is 3.41. The summed E-state index contributed by atoms with van der Waals surface area (Å²) in [7, 11) is 0. The normalized spacial score (nSPS) is 15.8. The predicted molar refractivity (Wildman–Crippen MR) is 190 cm³/mol. The molecule has 2 aliphatic heterocycles. The molecule has 2 fully saturated rings. The number of fused-ring (bicyclic) bond motifs is 1. The molecule has 0 bridgehead atoms. The number of urea groups is 1. The molecule has 266 valence electrons. The highest BCUT2D eigenvalue weighted by Gasteiger charge is 2.39. The zero-order chi connectivity index (χ0) is 36.1. The minimum atomic E-state index is -0.566. The first-order valence-corrected chi connectivity index (χ1v) is 17.8. The van der Waals surface area contributed by atoms with Crippen molar-refractivity contribution >= 4 is 33.9 Å². The Morgan fingerprint density at radius 3 is 1.60 bits per heavy atom. The number of hydrogen-bond donors (Lipinski definition) is 0. The predicted octanol–water partition coefficient (Wildman–Crippen LogP) is 5.86.